The highest BCUT2D eigenvalue weighted by Gasteiger charge is 2.29. The van der Waals surface area contributed by atoms with Crippen LogP contribution in [0, 0.1) is 5.82 Å². The lowest BCUT2D eigenvalue weighted by Crippen LogP contribution is -2.08. The third kappa shape index (κ3) is 2.82. The summed E-state index contributed by atoms with van der Waals surface area (Å²) >= 11 is 7.22. The second-order valence-electron chi connectivity index (χ2n) is 4.73. The van der Waals surface area contributed by atoms with Gasteiger partial charge >= 0.3 is 0 Å². The largest absolute Gasteiger partial charge is 0.324 e. The summed E-state index contributed by atoms with van der Waals surface area (Å²) in [6.07, 6.45) is 2.27. The number of nitrogens with zero attached hydrogens (tertiary/aromatic N) is 3. The Morgan fingerprint density at radius 3 is 2.85 bits per heavy atom. The maximum Gasteiger partial charge on any atom is 0.191 e. The van der Waals surface area contributed by atoms with Crippen molar-refractivity contribution in [2.75, 3.05) is 0 Å². The Labute approximate surface area is 125 Å². The molecule has 3 rings (SSSR count). The predicted molar refractivity (Wildman–Crippen MR) is 77.2 cm³/mol. The van der Waals surface area contributed by atoms with Crippen LogP contribution in [0.5, 0.6) is 0 Å². The molecule has 7 heteroatoms. The lowest BCUT2D eigenvalue weighted by atomic mass is 10.2. The standard InChI is InChI=1S/C13H14ClFN4S/c14-9-2-1-8(11(15)5-9)7-20-13-18-17-12(6-16)19(13)10-3-4-10/h1-2,5,10H,3-4,6-7,16H2. The van der Waals surface area contributed by atoms with Gasteiger partial charge in [0.05, 0.1) is 6.54 Å². The molecule has 0 radical (unpaired) electrons. The normalized spacial score (nSPS) is 14.8. The molecule has 1 fully saturated rings. The number of thioether (sulfide) groups is 1. The van der Waals surface area contributed by atoms with Gasteiger partial charge in [0, 0.05) is 16.8 Å². The highest BCUT2D eigenvalue weighted by atomic mass is 35.5. The van der Waals surface area contributed by atoms with Gasteiger partial charge in [0.25, 0.3) is 0 Å². The fourth-order valence-corrected chi connectivity index (χ4v) is 3.20. The second-order valence-corrected chi connectivity index (χ2v) is 6.11. The van der Waals surface area contributed by atoms with Crippen LogP contribution in [-0.2, 0) is 12.3 Å². The number of hydrogen-bond acceptors (Lipinski definition) is 4. The number of hydrogen-bond donors (Lipinski definition) is 1. The quantitative estimate of drug-likeness (QED) is 0.862. The Balaban J connectivity index is 1.76. The van der Waals surface area contributed by atoms with Crippen LogP contribution in [0.15, 0.2) is 23.4 Å². The van der Waals surface area contributed by atoms with Crippen LogP contribution in [-0.4, -0.2) is 14.8 Å². The monoisotopic (exact) mass is 312 g/mol. The topological polar surface area (TPSA) is 56.7 Å². The molecule has 0 unspecified atom stereocenters. The highest BCUT2D eigenvalue weighted by molar-refractivity contribution is 7.98. The summed E-state index contributed by atoms with van der Waals surface area (Å²) in [6, 6.07) is 5.18. The number of halogens is 2. The van der Waals surface area contributed by atoms with E-state index in [4.69, 9.17) is 17.3 Å². The zero-order valence-electron chi connectivity index (χ0n) is 10.7. The van der Waals surface area contributed by atoms with Gasteiger partial charge in [0.15, 0.2) is 5.16 Å². The smallest absolute Gasteiger partial charge is 0.191 e. The Morgan fingerprint density at radius 1 is 1.40 bits per heavy atom. The SMILES string of the molecule is NCc1nnc(SCc2ccc(Cl)cc2F)n1C1CC1. The molecule has 0 atom stereocenters. The lowest BCUT2D eigenvalue weighted by Gasteiger charge is -2.08. The van der Waals surface area contributed by atoms with Gasteiger partial charge in [-0.2, -0.15) is 0 Å². The lowest BCUT2D eigenvalue weighted by molar-refractivity contribution is 0.615. The van der Waals surface area contributed by atoms with Crippen LogP contribution in [0.3, 0.4) is 0 Å². The molecule has 1 aromatic carbocycles. The van der Waals surface area contributed by atoms with E-state index in [1.807, 2.05) is 0 Å². The first kappa shape index (κ1) is 13.9. The van der Waals surface area contributed by atoms with Crippen molar-refractivity contribution in [1.82, 2.24) is 14.8 Å². The van der Waals surface area contributed by atoms with E-state index in [1.54, 1.807) is 12.1 Å². The van der Waals surface area contributed by atoms with Crippen LogP contribution in [0.1, 0.15) is 30.3 Å². The molecular formula is C13H14ClFN4S. The van der Waals surface area contributed by atoms with Gasteiger partial charge in [0.2, 0.25) is 0 Å². The summed E-state index contributed by atoms with van der Waals surface area (Å²) in [5, 5.41) is 9.47. The van der Waals surface area contributed by atoms with Crippen molar-refractivity contribution < 1.29 is 4.39 Å². The van der Waals surface area contributed by atoms with E-state index in [1.165, 1.54) is 17.8 Å². The van der Waals surface area contributed by atoms with E-state index in [2.05, 4.69) is 14.8 Å². The van der Waals surface area contributed by atoms with Gasteiger partial charge in [-0.05, 0) is 30.5 Å². The first-order valence-electron chi connectivity index (χ1n) is 6.39. The van der Waals surface area contributed by atoms with Crippen LogP contribution in [0.4, 0.5) is 4.39 Å². The molecule has 2 N–H and O–H groups in total. The van der Waals surface area contributed by atoms with Crippen molar-refractivity contribution in [3.8, 4) is 0 Å². The maximum atomic E-state index is 13.7. The molecule has 0 aliphatic heterocycles. The van der Waals surface area contributed by atoms with Gasteiger partial charge in [-0.3, -0.25) is 0 Å². The van der Waals surface area contributed by atoms with E-state index in [0.29, 0.717) is 28.9 Å². The minimum absolute atomic E-state index is 0.290. The zero-order valence-corrected chi connectivity index (χ0v) is 12.3. The molecule has 4 nitrogen and oxygen atoms in total. The average molecular weight is 313 g/mol. The fourth-order valence-electron chi connectivity index (χ4n) is 2.03. The summed E-state index contributed by atoms with van der Waals surface area (Å²) in [5.74, 6) is 1.01. The van der Waals surface area contributed by atoms with Crippen LogP contribution >= 0.6 is 23.4 Å². The zero-order chi connectivity index (χ0) is 14.1. The van der Waals surface area contributed by atoms with Crippen LogP contribution < -0.4 is 5.73 Å². The highest BCUT2D eigenvalue weighted by Crippen LogP contribution is 2.39. The van der Waals surface area contributed by atoms with Crippen LogP contribution in [0.25, 0.3) is 0 Å². The number of aromatic nitrogens is 3. The molecule has 0 spiro atoms. The minimum Gasteiger partial charge on any atom is -0.324 e. The number of nitrogens with two attached hydrogens (primary N) is 1. The second kappa shape index (κ2) is 5.71. The molecule has 1 aromatic heterocycles. The van der Waals surface area contributed by atoms with Gasteiger partial charge < -0.3 is 10.3 Å². The Bertz CT molecular complexity index is 627. The molecule has 1 saturated carbocycles. The molecule has 20 heavy (non-hydrogen) atoms. The van der Waals surface area contributed by atoms with Crippen molar-refractivity contribution in [3.05, 3.63) is 40.4 Å². The van der Waals surface area contributed by atoms with Crippen molar-refractivity contribution in [3.63, 3.8) is 0 Å². The van der Waals surface area contributed by atoms with E-state index in [0.717, 1.165) is 23.8 Å². The Kier molecular flexibility index (Phi) is 3.96. The first-order chi connectivity index (χ1) is 9.69. The molecule has 1 aliphatic rings. The predicted octanol–water partition coefficient (Wildman–Crippen LogP) is 3.16. The summed E-state index contributed by atoms with van der Waals surface area (Å²) in [5.41, 5.74) is 6.28. The molecule has 1 aliphatic carbocycles. The maximum absolute atomic E-state index is 13.7. The first-order valence-corrected chi connectivity index (χ1v) is 7.76. The molecule has 1 heterocycles. The third-order valence-corrected chi connectivity index (χ3v) is 4.43. The van der Waals surface area contributed by atoms with E-state index >= 15 is 0 Å². The van der Waals surface area contributed by atoms with E-state index in [-0.39, 0.29) is 5.82 Å². The van der Waals surface area contributed by atoms with Gasteiger partial charge in [-0.1, -0.05) is 29.4 Å². The molecular weight excluding hydrogens is 299 g/mol. The van der Waals surface area contributed by atoms with E-state index in [9.17, 15) is 4.39 Å². The third-order valence-electron chi connectivity index (χ3n) is 3.20. The number of rotatable bonds is 5. The summed E-state index contributed by atoms with van der Waals surface area (Å²) in [4.78, 5) is 0. The fraction of sp³-hybridized carbons (Fsp3) is 0.385. The summed E-state index contributed by atoms with van der Waals surface area (Å²) in [7, 11) is 0. The van der Waals surface area contributed by atoms with Gasteiger partial charge in [-0.15, -0.1) is 10.2 Å². The van der Waals surface area contributed by atoms with E-state index < -0.39 is 0 Å². The Morgan fingerprint density at radius 2 is 2.20 bits per heavy atom. The van der Waals surface area contributed by atoms with Crippen molar-refractivity contribution in [1.29, 1.82) is 0 Å². The minimum atomic E-state index is -0.290. The molecule has 106 valence electrons. The molecule has 2 aromatic rings. The molecule has 0 amide bonds. The average Bonchev–Trinajstić information content (AvgIpc) is 3.18. The van der Waals surface area contributed by atoms with Gasteiger partial charge in [0.1, 0.15) is 11.6 Å². The summed E-state index contributed by atoms with van der Waals surface area (Å²) in [6.45, 7) is 0.374. The summed E-state index contributed by atoms with van der Waals surface area (Å²) < 4.78 is 15.8. The molecule has 0 saturated heterocycles. The van der Waals surface area contributed by atoms with Crippen molar-refractivity contribution in [2.24, 2.45) is 5.73 Å². The van der Waals surface area contributed by atoms with Gasteiger partial charge in [-0.25, -0.2) is 4.39 Å². The van der Waals surface area contributed by atoms with Crippen molar-refractivity contribution in [2.45, 2.75) is 36.3 Å². The van der Waals surface area contributed by atoms with Crippen molar-refractivity contribution >= 4 is 23.4 Å². The molecule has 0 bridgehead atoms. The number of benzene rings is 1. The van der Waals surface area contributed by atoms with Crippen LogP contribution in [0.2, 0.25) is 5.02 Å². The Hall–Kier alpha value is -1.11.